The van der Waals surface area contributed by atoms with Crippen molar-refractivity contribution in [2.45, 2.75) is 10.3 Å². The van der Waals surface area contributed by atoms with E-state index in [-0.39, 0.29) is 0 Å². The van der Waals surface area contributed by atoms with Gasteiger partial charge < -0.3 is 4.74 Å². The largest absolute Gasteiger partial charge is 0.440 e. The fraction of sp³-hybridized carbons (Fsp3) is 0.0714. The van der Waals surface area contributed by atoms with Crippen LogP contribution in [0.5, 0.6) is 0 Å². The molecule has 0 saturated carbocycles. The lowest BCUT2D eigenvalue weighted by Gasteiger charge is -2.23. The van der Waals surface area contributed by atoms with E-state index in [1.807, 2.05) is 30.3 Å². The van der Waals surface area contributed by atoms with Crippen LogP contribution in [0.2, 0.25) is 0 Å². The summed E-state index contributed by atoms with van der Waals surface area (Å²) < 4.78 is 17.7. The summed E-state index contributed by atoms with van der Waals surface area (Å²) in [6, 6.07) is 16.0. The monoisotopic (exact) mass is 258 g/mol. The number of carbonyl (C=O) groups excluding carboxylic acids is 1. The number of hydrogen-bond donors (Lipinski definition) is 0. The van der Waals surface area contributed by atoms with Crippen LogP contribution in [0.25, 0.3) is 0 Å². The van der Waals surface area contributed by atoms with E-state index in [2.05, 4.69) is 0 Å². The van der Waals surface area contributed by atoms with Gasteiger partial charge in [0.2, 0.25) is 5.44 Å². The molecular formula is C14H10O3S. The summed E-state index contributed by atoms with van der Waals surface area (Å²) in [5.74, 6) is -0.418. The molecule has 0 amide bonds. The molecule has 0 N–H and O–H groups in total. The SMILES string of the molecule is O=C1OC(c2ccccc2)S(=O)c2ccccc21. The number of fused-ring (bicyclic) bond motifs is 1. The normalized spacial score (nSPS) is 22.1. The number of hydrogen-bond acceptors (Lipinski definition) is 3. The third kappa shape index (κ3) is 1.75. The topological polar surface area (TPSA) is 43.4 Å². The van der Waals surface area contributed by atoms with Crippen LogP contribution >= 0.6 is 0 Å². The molecule has 0 spiro atoms. The summed E-state index contributed by atoms with van der Waals surface area (Å²) in [5.41, 5.74) is 0.426. The summed E-state index contributed by atoms with van der Waals surface area (Å²) in [4.78, 5) is 12.4. The zero-order chi connectivity index (χ0) is 12.5. The van der Waals surface area contributed by atoms with E-state index in [9.17, 15) is 9.00 Å². The van der Waals surface area contributed by atoms with E-state index < -0.39 is 22.2 Å². The van der Waals surface area contributed by atoms with Gasteiger partial charge in [0.05, 0.1) is 10.5 Å². The fourth-order valence-electron chi connectivity index (χ4n) is 1.93. The molecule has 2 aromatic rings. The zero-order valence-electron chi connectivity index (χ0n) is 9.41. The van der Waals surface area contributed by atoms with Gasteiger partial charge in [-0.05, 0) is 12.1 Å². The highest BCUT2D eigenvalue weighted by Gasteiger charge is 2.33. The number of benzene rings is 2. The minimum Gasteiger partial charge on any atom is -0.440 e. The Morgan fingerprint density at radius 1 is 0.944 bits per heavy atom. The molecule has 1 aliphatic rings. The highest BCUT2D eigenvalue weighted by atomic mass is 32.2. The molecule has 1 heterocycles. The standard InChI is InChI=1S/C14H10O3S/c15-13-11-8-4-5-9-12(11)18(16)14(17-13)10-6-2-1-3-7-10/h1-9,14H. The van der Waals surface area contributed by atoms with Crippen molar-refractivity contribution in [3.05, 3.63) is 65.7 Å². The Kier molecular flexibility index (Phi) is 2.72. The van der Waals surface area contributed by atoms with Gasteiger partial charge in [0.25, 0.3) is 0 Å². The van der Waals surface area contributed by atoms with E-state index in [4.69, 9.17) is 4.74 Å². The van der Waals surface area contributed by atoms with Crippen molar-refractivity contribution in [1.82, 2.24) is 0 Å². The van der Waals surface area contributed by atoms with Gasteiger partial charge in [0.15, 0.2) is 0 Å². The first-order valence-electron chi connectivity index (χ1n) is 5.53. The molecule has 90 valence electrons. The van der Waals surface area contributed by atoms with Crippen LogP contribution in [0.3, 0.4) is 0 Å². The lowest BCUT2D eigenvalue weighted by molar-refractivity contribution is 0.0429. The second-order valence-corrected chi connectivity index (χ2v) is 5.40. The Bertz CT molecular complexity index is 622. The van der Waals surface area contributed by atoms with Gasteiger partial charge in [-0.25, -0.2) is 4.79 Å². The van der Waals surface area contributed by atoms with Crippen molar-refractivity contribution in [2.24, 2.45) is 0 Å². The average Bonchev–Trinajstić information content (AvgIpc) is 2.44. The molecule has 0 saturated heterocycles. The molecule has 0 aromatic heterocycles. The van der Waals surface area contributed by atoms with Crippen molar-refractivity contribution < 1.29 is 13.7 Å². The van der Waals surface area contributed by atoms with E-state index in [0.717, 1.165) is 5.56 Å². The van der Waals surface area contributed by atoms with Gasteiger partial charge in [-0.1, -0.05) is 42.5 Å². The maximum absolute atomic E-state index is 12.4. The van der Waals surface area contributed by atoms with Crippen molar-refractivity contribution in [2.75, 3.05) is 0 Å². The van der Waals surface area contributed by atoms with Crippen LogP contribution in [-0.2, 0) is 15.5 Å². The predicted molar refractivity (Wildman–Crippen MR) is 67.4 cm³/mol. The van der Waals surface area contributed by atoms with Crippen molar-refractivity contribution >= 4 is 16.8 Å². The predicted octanol–water partition coefficient (Wildman–Crippen LogP) is 2.66. The fourth-order valence-corrected chi connectivity index (χ4v) is 3.32. The number of carbonyl (C=O) groups is 1. The Labute approximate surface area is 107 Å². The molecule has 2 atom stereocenters. The van der Waals surface area contributed by atoms with E-state index in [1.165, 1.54) is 0 Å². The lowest BCUT2D eigenvalue weighted by Crippen LogP contribution is -2.23. The maximum atomic E-state index is 12.4. The van der Waals surface area contributed by atoms with Gasteiger partial charge >= 0.3 is 5.97 Å². The summed E-state index contributed by atoms with van der Waals surface area (Å²) in [6.07, 6.45) is 0. The molecule has 0 aliphatic carbocycles. The number of ether oxygens (including phenoxy) is 1. The summed E-state index contributed by atoms with van der Waals surface area (Å²) in [7, 11) is -1.37. The van der Waals surface area contributed by atoms with Crippen LogP contribution in [0.4, 0.5) is 0 Å². The van der Waals surface area contributed by atoms with E-state index in [1.54, 1.807) is 24.3 Å². The zero-order valence-corrected chi connectivity index (χ0v) is 10.2. The van der Waals surface area contributed by atoms with Crippen LogP contribution < -0.4 is 0 Å². The second-order valence-electron chi connectivity index (χ2n) is 3.94. The van der Waals surface area contributed by atoms with Gasteiger partial charge in [-0.15, -0.1) is 0 Å². The minimum absolute atomic E-state index is 0.392. The maximum Gasteiger partial charge on any atom is 0.340 e. The Balaban J connectivity index is 2.08. The van der Waals surface area contributed by atoms with Crippen molar-refractivity contribution in [1.29, 1.82) is 0 Å². The summed E-state index contributed by atoms with van der Waals surface area (Å²) in [5, 5.41) is 0. The van der Waals surface area contributed by atoms with Gasteiger partial charge in [0.1, 0.15) is 10.8 Å². The van der Waals surface area contributed by atoms with E-state index >= 15 is 0 Å². The first-order valence-corrected chi connectivity index (χ1v) is 6.74. The first-order chi connectivity index (χ1) is 8.77. The van der Waals surface area contributed by atoms with Crippen LogP contribution in [0.1, 0.15) is 21.4 Å². The summed E-state index contributed by atoms with van der Waals surface area (Å²) in [6.45, 7) is 0. The molecule has 4 heteroatoms. The van der Waals surface area contributed by atoms with Gasteiger partial charge in [-0.3, -0.25) is 4.21 Å². The smallest absolute Gasteiger partial charge is 0.340 e. The highest BCUT2D eigenvalue weighted by molar-refractivity contribution is 7.85. The van der Waals surface area contributed by atoms with Crippen LogP contribution in [0.15, 0.2) is 59.5 Å². The molecule has 2 aromatic carbocycles. The molecule has 0 radical (unpaired) electrons. The first kappa shape index (κ1) is 11.2. The van der Waals surface area contributed by atoms with Crippen molar-refractivity contribution in [3.63, 3.8) is 0 Å². The number of rotatable bonds is 1. The molecule has 1 aliphatic heterocycles. The quantitative estimate of drug-likeness (QED) is 0.739. The summed E-state index contributed by atoms with van der Waals surface area (Å²) >= 11 is 0. The molecular weight excluding hydrogens is 248 g/mol. The number of cyclic esters (lactones) is 1. The van der Waals surface area contributed by atoms with Crippen molar-refractivity contribution in [3.8, 4) is 0 Å². The van der Waals surface area contributed by atoms with Gasteiger partial charge in [-0.2, -0.15) is 0 Å². The van der Waals surface area contributed by atoms with E-state index in [0.29, 0.717) is 10.5 Å². The third-order valence-electron chi connectivity index (χ3n) is 2.80. The molecule has 0 fully saturated rings. The molecule has 18 heavy (non-hydrogen) atoms. The highest BCUT2D eigenvalue weighted by Crippen LogP contribution is 2.33. The Morgan fingerprint density at radius 2 is 1.61 bits per heavy atom. The minimum atomic E-state index is -1.37. The second kappa shape index (κ2) is 4.38. The van der Waals surface area contributed by atoms with Crippen LogP contribution in [-0.4, -0.2) is 10.2 Å². The Morgan fingerprint density at radius 3 is 2.39 bits per heavy atom. The molecule has 3 nitrogen and oxygen atoms in total. The average molecular weight is 258 g/mol. The molecule has 2 unspecified atom stereocenters. The Hall–Kier alpha value is -1.94. The van der Waals surface area contributed by atoms with Crippen LogP contribution in [0, 0.1) is 0 Å². The van der Waals surface area contributed by atoms with Gasteiger partial charge in [0, 0.05) is 5.56 Å². The molecule has 3 rings (SSSR count). The number of esters is 1. The lowest BCUT2D eigenvalue weighted by atomic mass is 10.2. The third-order valence-corrected chi connectivity index (χ3v) is 4.35. The molecule has 0 bridgehead atoms.